The summed E-state index contributed by atoms with van der Waals surface area (Å²) < 4.78 is 7.72. The van der Waals surface area contributed by atoms with Gasteiger partial charge in [0.1, 0.15) is 5.82 Å². The molecule has 0 radical (unpaired) electrons. The molecule has 1 fully saturated rings. The van der Waals surface area contributed by atoms with E-state index in [0.29, 0.717) is 12.6 Å². The second kappa shape index (κ2) is 8.72. The third-order valence-corrected chi connectivity index (χ3v) is 5.92. The van der Waals surface area contributed by atoms with Gasteiger partial charge in [0.25, 0.3) is 0 Å². The first-order chi connectivity index (χ1) is 12.4. The van der Waals surface area contributed by atoms with Gasteiger partial charge in [-0.05, 0) is 32.4 Å². The quantitative estimate of drug-likeness (QED) is 0.373. The molecular weight excluding hydrogens is 455 g/mol. The molecule has 2 unspecified atom stereocenters. The number of methoxy groups -OCH3 is 1. The van der Waals surface area contributed by atoms with Crippen molar-refractivity contribution < 1.29 is 4.74 Å². The predicted molar refractivity (Wildman–Crippen MR) is 119 cm³/mol. The van der Waals surface area contributed by atoms with Gasteiger partial charge in [-0.3, -0.25) is 9.39 Å². The third kappa shape index (κ3) is 4.21. The van der Waals surface area contributed by atoms with E-state index in [-0.39, 0.29) is 35.0 Å². The number of halogens is 1. The van der Waals surface area contributed by atoms with E-state index >= 15 is 0 Å². The number of pyridine rings is 1. The van der Waals surface area contributed by atoms with Crippen molar-refractivity contribution in [1.82, 2.24) is 25.2 Å². The van der Waals surface area contributed by atoms with Gasteiger partial charge in [0.2, 0.25) is 0 Å². The summed E-state index contributed by atoms with van der Waals surface area (Å²) in [7, 11) is 1.79. The van der Waals surface area contributed by atoms with Crippen LogP contribution >= 0.6 is 24.0 Å². The van der Waals surface area contributed by atoms with Crippen LogP contribution in [0.3, 0.4) is 0 Å². The Morgan fingerprint density at radius 3 is 2.78 bits per heavy atom. The molecule has 2 heterocycles. The van der Waals surface area contributed by atoms with E-state index in [4.69, 9.17) is 9.73 Å². The van der Waals surface area contributed by atoms with Gasteiger partial charge in [0.05, 0.1) is 5.60 Å². The molecule has 7 nitrogen and oxygen atoms in total. The summed E-state index contributed by atoms with van der Waals surface area (Å²) in [5.41, 5.74) is 0.815. The number of nitrogens with one attached hydrogen (secondary N) is 2. The molecule has 0 bridgehead atoms. The Morgan fingerprint density at radius 1 is 1.33 bits per heavy atom. The molecule has 2 aromatic rings. The van der Waals surface area contributed by atoms with Crippen LogP contribution in [0.15, 0.2) is 29.4 Å². The number of hydrogen-bond donors (Lipinski definition) is 2. The average molecular weight is 486 g/mol. The van der Waals surface area contributed by atoms with E-state index in [1.165, 1.54) is 0 Å². The Bertz CT molecular complexity index is 789. The number of aromatic nitrogens is 3. The zero-order chi connectivity index (χ0) is 18.8. The molecule has 2 aromatic heterocycles. The summed E-state index contributed by atoms with van der Waals surface area (Å²) in [5.74, 6) is 1.77. The zero-order valence-corrected chi connectivity index (χ0v) is 19.2. The van der Waals surface area contributed by atoms with E-state index in [1.54, 1.807) is 7.11 Å². The van der Waals surface area contributed by atoms with Gasteiger partial charge in [-0.1, -0.05) is 19.9 Å². The number of rotatable bonds is 6. The molecule has 2 atom stereocenters. The molecule has 1 aliphatic rings. The van der Waals surface area contributed by atoms with Crippen LogP contribution in [-0.4, -0.2) is 52.4 Å². The highest BCUT2D eigenvalue weighted by Gasteiger charge is 2.58. The first-order valence-electron chi connectivity index (χ1n) is 9.30. The van der Waals surface area contributed by atoms with Crippen molar-refractivity contribution >= 4 is 35.6 Å². The maximum Gasteiger partial charge on any atom is 0.191 e. The molecule has 0 saturated heterocycles. The van der Waals surface area contributed by atoms with Crippen LogP contribution < -0.4 is 10.6 Å². The van der Waals surface area contributed by atoms with Gasteiger partial charge in [-0.2, -0.15) is 0 Å². The molecule has 0 spiro atoms. The van der Waals surface area contributed by atoms with E-state index in [9.17, 15) is 0 Å². The first-order valence-corrected chi connectivity index (χ1v) is 9.30. The van der Waals surface area contributed by atoms with Crippen LogP contribution in [0.5, 0.6) is 0 Å². The monoisotopic (exact) mass is 486 g/mol. The molecule has 150 valence electrons. The van der Waals surface area contributed by atoms with Crippen molar-refractivity contribution in [2.75, 3.05) is 20.2 Å². The molecule has 2 N–H and O–H groups in total. The lowest BCUT2D eigenvalue weighted by atomic mass is 9.56. The van der Waals surface area contributed by atoms with Crippen molar-refractivity contribution in [2.24, 2.45) is 10.4 Å². The van der Waals surface area contributed by atoms with E-state index in [1.807, 2.05) is 28.8 Å². The Kier molecular flexibility index (Phi) is 7.07. The highest BCUT2D eigenvalue weighted by atomic mass is 127. The standard InChI is InChI=1S/C19H30N6O.HI/c1-6-20-17(22-14-13-19(4,26-5)18(14,2)3)21-11-10-16-24-23-15-9-7-8-12-25(15)16;/h7-9,12,14H,6,10-11,13H2,1-5H3,(H2,20,21,22);1H. The normalized spacial score (nSPS) is 24.2. The third-order valence-electron chi connectivity index (χ3n) is 5.92. The number of hydrogen-bond acceptors (Lipinski definition) is 4. The molecular formula is C19H31IN6O. The summed E-state index contributed by atoms with van der Waals surface area (Å²) in [6.45, 7) is 10.2. The topological polar surface area (TPSA) is 75.8 Å². The van der Waals surface area contributed by atoms with Crippen LogP contribution in [0.2, 0.25) is 0 Å². The van der Waals surface area contributed by atoms with Crippen molar-refractivity contribution in [3.05, 3.63) is 30.2 Å². The highest BCUT2D eigenvalue weighted by Crippen LogP contribution is 2.51. The molecule has 1 saturated carbocycles. The maximum absolute atomic E-state index is 5.71. The fourth-order valence-corrected chi connectivity index (χ4v) is 3.54. The fourth-order valence-electron chi connectivity index (χ4n) is 3.54. The first kappa shape index (κ1) is 21.9. The number of nitrogens with zero attached hydrogens (tertiary/aromatic N) is 4. The second-order valence-corrected chi connectivity index (χ2v) is 7.61. The summed E-state index contributed by atoms with van der Waals surface area (Å²) >= 11 is 0. The summed E-state index contributed by atoms with van der Waals surface area (Å²) in [5, 5.41) is 15.4. The highest BCUT2D eigenvalue weighted by molar-refractivity contribution is 14.0. The smallest absolute Gasteiger partial charge is 0.191 e. The Labute approximate surface area is 178 Å². The summed E-state index contributed by atoms with van der Waals surface area (Å²) in [6, 6.07) is 6.24. The Hall–Kier alpha value is -1.42. The lowest BCUT2D eigenvalue weighted by molar-refractivity contribution is -0.176. The van der Waals surface area contributed by atoms with Crippen LogP contribution in [0, 0.1) is 5.41 Å². The van der Waals surface area contributed by atoms with Gasteiger partial charge in [-0.25, -0.2) is 0 Å². The van der Waals surface area contributed by atoms with Gasteiger partial charge < -0.3 is 15.4 Å². The van der Waals surface area contributed by atoms with Crippen LogP contribution in [-0.2, 0) is 11.2 Å². The SMILES string of the molecule is CCNC(=NCCc1nnc2ccccn12)NC1CC(C)(OC)C1(C)C.I. The number of ether oxygens (including phenoxy) is 1. The predicted octanol–water partition coefficient (Wildman–Crippen LogP) is 2.65. The Morgan fingerprint density at radius 2 is 2.11 bits per heavy atom. The minimum Gasteiger partial charge on any atom is -0.378 e. The van der Waals surface area contributed by atoms with Gasteiger partial charge in [0.15, 0.2) is 11.6 Å². The lowest BCUT2D eigenvalue weighted by Gasteiger charge is -2.59. The minimum atomic E-state index is -0.0948. The second-order valence-electron chi connectivity index (χ2n) is 7.61. The number of guanidine groups is 1. The molecule has 0 aromatic carbocycles. The molecule has 27 heavy (non-hydrogen) atoms. The van der Waals surface area contributed by atoms with E-state index in [0.717, 1.165) is 36.8 Å². The fraction of sp³-hybridized carbons (Fsp3) is 0.632. The van der Waals surface area contributed by atoms with Crippen molar-refractivity contribution in [2.45, 2.75) is 52.2 Å². The van der Waals surface area contributed by atoms with Crippen molar-refractivity contribution in [1.29, 1.82) is 0 Å². The van der Waals surface area contributed by atoms with Crippen molar-refractivity contribution in [3.63, 3.8) is 0 Å². The lowest BCUT2D eigenvalue weighted by Crippen LogP contribution is -2.69. The largest absolute Gasteiger partial charge is 0.378 e. The van der Waals surface area contributed by atoms with Crippen LogP contribution in [0.25, 0.3) is 5.65 Å². The van der Waals surface area contributed by atoms with Crippen LogP contribution in [0.1, 0.15) is 39.9 Å². The summed E-state index contributed by atoms with van der Waals surface area (Å²) in [4.78, 5) is 4.73. The molecule has 1 aliphatic carbocycles. The van der Waals surface area contributed by atoms with Crippen LogP contribution in [0.4, 0.5) is 0 Å². The molecule has 8 heteroatoms. The zero-order valence-electron chi connectivity index (χ0n) is 16.8. The van der Waals surface area contributed by atoms with E-state index < -0.39 is 0 Å². The molecule has 0 aliphatic heterocycles. The number of aliphatic imine (C=N–C) groups is 1. The molecule has 0 amide bonds. The minimum absolute atomic E-state index is 0. The van der Waals surface area contributed by atoms with Crippen molar-refractivity contribution in [3.8, 4) is 0 Å². The number of fused-ring (bicyclic) bond motifs is 1. The van der Waals surface area contributed by atoms with E-state index in [2.05, 4.69) is 48.5 Å². The van der Waals surface area contributed by atoms with Gasteiger partial charge in [-0.15, -0.1) is 34.2 Å². The summed E-state index contributed by atoms with van der Waals surface area (Å²) in [6.07, 6.45) is 3.70. The van der Waals surface area contributed by atoms with Gasteiger partial charge in [0, 0.05) is 44.3 Å². The maximum atomic E-state index is 5.71. The average Bonchev–Trinajstić information content (AvgIpc) is 3.04. The molecule has 3 rings (SSSR count). The Balaban J connectivity index is 0.00000261. The van der Waals surface area contributed by atoms with Gasteiger partial charge >= 0.3 is 0 Å².